The summed E-state index contributed by atoms with van der Waals surface area (Å²) in [5, 5.41) is 0. The molecule has 0 heterocycles. The normalized spacial score (nSPS) is 14.4. The van der Waals surface area contributed by atoms with Gasteiger partial charge in [-0.15, -0.1) is 0 Å². The zero-order chi connectivity index (χ0) is 11.4. The first-order valence-corrected chi connectivity index (χ1v) is 5.25. The van der Waals surface area contributed by atoms with Gasteiger partial charge >= 0.3 is 5.97 Å². The van der Waals surface area contributed by atoms with E-state index in [1.807, 2.05) is 19.1 Å². The van der Waals surface area contributed by atoms with Crippen molar-refractivity contribution in [2.75, 3.05) is 0 Å². The molecule has 0 aliphatic heterocycles. The molecule has 2 nitrogen and oxygen atoms in total. The van der Waals surface area contributed by atoms with Crippen LogP contribution in [0.5, 0.6) is 0 Å². The molecule has 0 amide bonds. The topological polar surface area (TPSA) is 26.3 Å². The smallest absolute Gasteiger partial charge is 0.302 e. The Kier molecular flexibility index (Phi) is 3.89. The molecule has 1 rings (SSSR count). The van der Waals surface area contributed by atoms with Crippen LogP contribution in [-0.2, 0) is 9.53 Å². The molecular weight excluding hydrogens is 188 g/mol. The first-order valence-electron chi connectivity index (χ1n) is 5.25. The summed E-state index contributed by atoms with van der Waals surface area (Å²) in [5.41, 5.74) is 2.48. The fraction of sp³-hybridized carbons (Fsp3) is 0.462. The van der Waals surface area contributed by atoms with Crippen LogP contribution in [0.3, 0.4) is 0 Å². The molecule has 1 aromatic carbocycles. The molecule has 0 spiro atoms. The number of ether oxygens (including phenoxy) is 1. The molecule has 2 atom stereocenters. The predicted molar refractivity (Wildman–Crippen MR) is 60.8 cm³/mol. The molecule has 0 N–H and O–H groups in total. The molecule has 82 valence electrons. The highest BCUT2D eigenvalue weighted by Gasteiger charge is 2.17. The van der Waals surface area contributed by atoms with Crippen LogP contribution in [-0.4, -0.2) is 12.1 Å². The highest BCUT2D eigenvalue weighted by atomic mass is 16.5. The summed E-state index contributed by atoms with van der Waals surface area (Å²) >= 11 is 0. The van der Waals surface area contributed by atoms with Gasteiger partial charge in [0, 0.05) is 12.8 Å². The largest absolute Gasteiger partial charge is 0.462 e. The molecule has 0 radical (unpaired) electrons. The minimum absolute atomic E-state index is 0.0800. The first kappa shape index (κ1) is 11.8. The number of esters is 1. The van der Waals surface area contributed by atoms with Crippen LogP contribution in [0.4, 0.5) is 0 Å². The molecule has 1 aromatic rings. The zero-order valence-corrected chi connectivity index (χ0v) is 9.78. The van der Waals surface area contributed by atoms with Gasteiger partial charge in [0.25, 0.3) is 0 Å². The van der Waals surface area contributed by atoms with Gasteiger partial charge in [-0.05, 0) is 25.0 Å². The first-order chi connectivity index (χ1) is 7.02. The van der Waals surface area contributed by atoms with E-state index in [1.165, 1.54) is 18.1 Å². The van der Waals surface area contributed by atoms with Crippen molar-refractivity contribution >= 4 is 5.97 Å². The van der Waals surface area contributed by atoms with Crippen molar-refractivity contribution in [3.05, 3.63) is 35.4 Å². The van der Waals surface area contributed by atoms with E-state index in [9.17, 15) is 4.79 Å². The summed E-state index contributed by atoms with van der Waals surface area (Å²) in [5.74, 6) is 0.0121. The van der Waals surface area contributed by atoms with Gasteiger partial charge in [-0.3, -0.25) is 4.79 Å². The Morgan fingerprint density at radius 1 is 1.27 bits per heavy atom. The Hall–Kier alpha value is -1.31. The van der Waals surface area contributed by atoms with Gasteiger partial charge in [-0.25, -0.2) is 0 Å². The van der Waals surface area contributed by atoms with Gasteiger partial charge in [0.15, 0.2) is 0 Å². The Bertz CT molecular complexity index is 344. The summed E-state index contributed by atoms with van der Waals surface area (Å²) < 4.78 is 5.18. The van der Waals surface area contributed by atoms with E-state index < -0.39 is 0 Å². The average Bonchev–Trinajstić information content (AvgIpc) is 2.16. The van der Waals surface area contributed by atoms with Crippen molar-refractivity contribution in [2.24, 2.45) is 0 Å². The fourth-order valence-corrected chi connectivity index (χ4v) is 1.71. The summed E-state index contributed by atoms with van der Waals surface area (Å²) in [6.07, 6.45) is -0.0800. The van der Waals surface area contributed by atoms with Gasteiger partial charge in [-0.2, -0.15) is 0 Å². The minimum Gasteiger partial charge on any atom is -0.462 e. The van der Waals surface area contributed by atoms with Crippen LogP contribution in [0.15, 0.2) is 24.3 Å². The lowest BCUT2D eigenvalue weighted by molar-refractivity contribution is -0.146. The second-order valence-electron chi connectivity index (χ2n) is 3.96. The minimum atomic E-state index is -0.220. The average molecular weight is 206 g/mol. The predicted octanol–water partition coefficient (Wildman–Crippen LogP) is 3.05. The lowest BCUT2D eigenvalue weighted by atomic mass is 9.92. The van der Waals surface area contributed by atoms with E-state index in [2.05, 4.69) is 26.0 Å². The van der Waals surface area contributed by atoms with E-state index in [-0.39, 0.29) is 18.0 Å². The van der Waals surface area contributed by atoms with Crippen LogP contribution in [0, 0.1) is 6.92 Å². The lowest BCUT2D eigenvalue weighted by Gasteiger charge is -2.21. The van der Waals surface area contributed by atoms with Gasteiger partial charge in [0.1, 0.15) is 6.10 Å². The van der Waals surface area contributed by atoms with Crippen molar-refractivity contribution in [1.82, 2.24) is 0 Å². The van der Waals surface area contributed by atoms with Crippen molar-refractivity contribution < 1.29 is 9.53 Å². The lowest BCUT2D eigenvalue weighted by Crippen LogP contribution is -2.19. The molecule has 0 bridgehead atoms. The Balaban J connectivity index is 2.80. The monoisotopic (exact) mass is 206 g/mol. The number of carbonyl (C=O) groups is 1. The number of aryl methyl sites for hydroxylation is 1. The van der Waals surface area contributed by atoms with Crippen LogP contribution in [0.1, 0.15) is 37.8 Å². The van der Waals surface area contributed by atoms with Crippen LogP contribution in [0.25, 0.3) is 0 Å². The molecule has 2 heteroatoms. The molecule has 2 unspecified atom stereocenters. The molecular formula is C13H18O2. The highest BCUT2D eigenvalue weighted by molar-refractivity contribution is 5.66. The van der Waals surface area contributed by atoms with Gasteiger partial charge in [0.2, 0.25) is 0 Å². The third-order valence-corrected chi connectivity index (χ3v) is 2.74. The maximum atomic E-state index is 10.9. The zero-order valence-electron chi connectivity index (χ0n) is 9.78. The molecule has 0 aliphatic rings. The number of rotatable bonds is 3. The van der Waals surface area contributed by atoms with E-state index in [0.29, 0.717) is 0 Å². The van der Waals surface area contributed by atoms with Gasteiger partial charge in [-0.1, -0.05) is 31.2 Å². The maximum Gasteiger partial charge on any atom is 0.302 e. The van der Waals surface area contributed by atoms with Gasteiger partial charge in [0.05, 0.1) is 0 Å². The third kappa shape index (κ3) is 3.08. The van der Waals surface area contributed by atoms with Crippen molar-refractivity contribution in [2.45, 2.75) is 39.7 Å². The van der Waals surface area contributed by atoms with Crippen molar-refractivity contribution in [1.29, 1.82) is 0 Å². The van der Waals surface area contributed by atoms with E-state index in [4.69, 9.17) is 4.74 Å². The fourth-order valence-electron chi connectivity index (χ4n) is 1.71. The Morgan fingerprint density at radius 3 is 2.40 bits per heavy atom. The number of benzene rings is 1. The summed E-state index contributed by atoms with van der Waals surface area (Å²) in [6.45, 7) is 7.53. The molecule has 0 saturated carbocycles. The summed E-state index contributed by atoms with van der Waals surface area (Å²) in [7, 11) is 0. The molecule has 0 fully saturated rings. The van der Waals surface area contributed by atoms with Crippen LogP contribution < -0.4 is 0 Å². The molecule has 0 aromatic heterocycles. The van der Waals surface area contributed by atoms with Crippen molar-refractivity contribution in [3.8, 4) is 0 Å². The maximum absolute atomic E-state index is 10.9. The summed E-state index contributed by atoms with van der Waals surface area (Å²) in [6, 6.07) is 8.19. The summed E-state index contributed by atoms with van der Waals surface area (Å²) in [4.78, 5) is 10.9. The number of hydrogen-bond acceptors (Lipinski definition) is 2. The molecule has 15 heavy (non-hydrogen) atoms. The van der Waals surface area contributed by atoms with Crippen LogP contribution >= 0.6 is 0 Å². The van der Waals surface area contributed by atoms with Crippen molar-refractivity contribution in [3.63, 3.8) is 0 Å². The quantitative estimate of drug-likeness (QED) is 0.710. The van der Waals surface area contributed by atoms with E-state index in [1.54, 1.807) is 0 Å². The standard InChI is InChI=1S/C13H18O2/c1-9-7-5-6-8-13(9)10(2)11(3)15-12(4)14/h5-8,10-11H,1-4H3. The molecule has 0 aliphatic carbocycles. The number of hydrogen-bond donors (Lipinski definition) is 0. The Morgan fingerprint density at radius 2 is 1.87 bits per heavy atom. The Labute approximate surface area is 91.3 Å². The van der Waals surface area contributed by atoms with E-state index >= 15 is 0 Å². The second kappa shape index (κ2) is 4.96. The SMILES string of the molecule is CC(=O)OC(C)C(C)c1ccccc1C. The highest BCUT2D eigenvalue weighted by Crippen LogP contribution is 2.24. The van der Waals surface area contributed by atoms with Crippen LogP contribution in [0.2, 0.25) is 0 Å². The van der Waals surface area contributed by atoms with Gasteiger partial charge < -0.3 is 4.74 Å². The molecule has 0 saturated heterocycles. The third-order valence-electron chi connectivity index (χ3n) is 2.74. The second-order valence-corrected chi connectivity index (χ2v) is 3.96. The van der Waals surface area contributed by atoms with E-state index in [0.717, 1.165) is 0 Å². The number of carbonyl (C=O) groups excluding carboxylic acids is 1.